The summed E-state index contributed by atoms with van der Waals surface area (Å²) in [5.41, 5.74) is -0.175. The van der Waals surface area contributed by atoms with Crippen LogP contribution in [0.1, 0.15) is 33.6 Å². The third-order valence-electron chi connectivity index (χ3n) is 1.44. The quantitative estimate of drug-likeness (QED) is 0.640. The Balaban J connectivity index is 3.42. The Morgan fingerprint density at radius 1 is 1.43 bits per heavy atom. The lowest BCUT2D eigenvalue weighted by molar-refractivity contribution is -0.121. The zero-order valence-electron chi connectivity index (χ0n) is 9.18. The van der Waals surface area contributed by atoms with Crippen LogP contribution in [0.25, 0.3) is 0 Å². The molecule has 0 unspecified atom stereocenters. The van der Waals surface area contributed by atoms with Crippen molar-refractivity contribution in [2.45, 2.75) is 39.2 Å². The summed E-state index contributed by atoms with van der Waals surface area (Å²) in [5.74, 6) is -0.00513. The maximum Gasteiger partial charge on any atom is 0.234 e. The molecular formula is C10H19N3O. The molecule has 0 rings (SSSR count). The predicted octanol–water partition coefficient (Wildman–Crippen LogP) is 0.794. The summed E-state index contributed by atoms with van der Waals surface area (Å²) in [6, 6.07) is 2.05. The molecule has 0 aromatic heterocycles. The molecule has 0 fully saturated rings. The van der Waals surface area contributed by atoms with Crippen molar-refractivity contribution in [1.82, 2.24) is 10.6 Å². The van der Waals surface area contributed by atoms with Gasteiger partial charge in [0.1, 0.15) is 0 Å². The molecule has 0 saturated heterocycles. The summed E-state index contributed by atoms with van der Waals surface area (Å²) in [6.07, 6.45) is 1.33. The molecule has 14 heavy (non-hydrogen) atoms. The Bertz CT molecular complexity index is 212. The molecular weight excluding hydrogens is 178 g/mol. The van der Waals surface area contributed by atoms with Crippen molar-refractivity contribution in [1.29, 1.82) is 5.26 Å². The summed E-state index contributed by atoms with van der Waals surface area (Å²) in [5, 5.41) is 14.1. The van der Waals surface area contributed by atoms with Gasteiger partial charge in [0, 0.05) is 12.0 Å². The predicted molar refractivity (Wildman–Crippen MR) is 55.6 cm³/mol. The average Bonchev–Trinajstić information content (AvgIpc) is 2.00. The Hall–Kier alpha value is -1.08. The van der Waals surface area contributed by atoms with E-state index < -0.39 is 0 Å². The van der Waals surface area contributed by atoms with E-state index in [0.717, 1.165) is 6.42 Å². The van der Waals surface area contributed by atoms with Crippen molar-refractivity contribution in [2.24, 2.45) is 0 Å². The standard InChI is InChI=1S/C10H19N3O/c1-10(2,3)13-9(14)8-12-7-5-4-6-11/h12H,4-5,7-8H2,1-3H3,(H,13,14). The molecule has 0 atom stereocenters. The minimum Gasteiger partial charge on any atom is -0.350 e. The number of carbonyl (C=O) groups is 1. The number of unbranched alkanes of at least 4 members (excludes halogenated alkanes) is 1. The lowest BCUT2D eigenvalue weighted by Crippen LogP contribution is -2.44. The number of nitriles is 1. The first-order valence-corrected chi connectivity index (χ1v) is 4.84. The van der Waals surface area contributed by atoms with Crippen LogP contribution >= 0.6 is 0 Å². The highest BCUT2D eigenvalue weighted by molar-refractivity contribution is 5.78. The normalized spacial score (nSPS) is 10.7. The van der Waals surface area contributed by atoms with Crippen molar-refractivity contribution < 1.29 is 4.79 Å². The molecule has 0 saturated carbocycles. The van der Waals surface area contributed by atoms with Gasteiger partial charge >= 0.3 is 0 Å². The van der Waals surface area contributed by atoms with Crippen LogP contribution in [0.3, 0.4) is 0 Å². The van der Waals surface area contributed by atoms with Crippen LogP contribution in [-0.2, 0) is 4.79 Å². The molecule has 0 radical (unpaired) electrons. The van der Waals surface area contributed by atoms with Crippen LogP contribution in [0.4, 0.5) is 0 Å². The van der Waals surface area contributed by atoms with E-state index in [2.05, 4.69) is 16.7 Å². The molecule has 4 nitrogen and oxygen atoms in total. The van der Waals surface area contributed by atoms with Gasteiger partial charge in [-0.15, -0.1) is 0 Å². The topological polar surface area (TPSA) is 64.9 Å². The molecule has 2 N–H and O–H groups in total. The van der Waals surface area contributed by atoms with Crippen LogP contribution in [0, 0.1) is 11.3 Å². The van der Waals surface area contributed by atoms with Crippen LogP contribution < -0.4 is 10.6 Å². The van der Waals surface area contributed by atoms with E-state index in [9.17, 15) is 4.79 Å². The highest BCUT2D eigenvalue weighted by atomic mass is 16.2. The smallest absolute Gasteiger partial charge is 0.234 e. The van der Waals surface area contributed by atoms with Gasteiger partial charge in [0.15, 0.2) is 0 Å². The lowest BCUT2D eigenvalue weighted by atomic mass is 10.1. The summed E-state index contributed by atoms with van der Waals surface area (Å²) in [4.78, 5) is 11.3. The van der Waals surface area contributed by atoms with Gasteiger partial charge in [0.05, 0.1) is 12.6 Å². The molecule has 0 heterocycles. The van der Waals surface area contributed by atoms with E-state index in [1.165, 1.54) is 0 Å². The third kappa shape index (κ3) is 9.01. The summed E-state index contributed by atoms with van der Waals surface area (Å²) in [6.45, 7) is 6.87. The number of amides is 1. The Morgan fingerprint density at radius 2 is 2.07 bits per heavy atom. The second kappa shape index (κ2) is 6.39. The van der Waals surface area contributed by atoms with Gasteiger partial charge in [-0.25, -0.2) is 0 Å². The van der Waals surface area contributed by atoms with E-state index in [4.69, 9.17) is 5.26 Å². The maximum absolute atomic E-state index is 11.3. The largest absolute Gasteiger partial charge is 0.350 e. The van der Waals surface area contributed by atoms with Crippen molar-refractivity contribution in [3.8, 4) is 6.07 Å². The van der Waals surface area contributed by atoms with Crippen molar-refractivity contribution in [3.05, 3.63) is 0 Å². The van der Waals surface area contributed by atoms with Crippen molar-refractivity contribution in [3.63, 3.8) is 0 Å². The van der Waals surface area contributed by atoms with Gasteiger partial charge in [0.25, 0.3) is 0 Å². The summed E-state index contributed by atoms with van der Waals surface area (Å²) < 4.78 is 0. The molecule has 0 aliphatic heterocycles. The highest BCUT2D eigenvalue weighted by Crippen LogP contribution is 1.97. The lowest BCUT2D eigenvalue weighted by Gasteiger charge is -2.20. The Kier molecular flexibility index (Phi) is 5.89. The fourth-order valence-electron chi connectivity index (χ4n) is 0.957. The molecule has 0 aliphatic carbocycles. The van der Waals surface area contributed by atoms with E-state index in [0.29, 0.717) is 19.5 Å². The third-order valence-corrected chi connectivity index (χ3v) is 1.44. The molecule has 0 spiro atoms. The van der Waals surface area contributed by atoms with Gasteiger partial charge in [0.2, 0.25) is 5.91 Å². The monoisotopic (exact) mass is 197 g/mol. The van der Waals surface area contributed by atoms with Crippen LogP contribution in [-0.4, -0.2) is 24.5 Å². The molecule has 0 aliphatic rings. The molecule has 0 aromatic carbocycles. The van der Waals surface area contributed by atoms with Crippen LogP contribution in [0.5, 0.6) is 0 Å². The van der Waals surface area contributed by atoms with E-state index >= 15 is 0 Å². The number of hydrogen-bond acceptors (Lipinski definition) is 3. The average molecular weight is 197 g/mol. The van der Waals surface area contributed by atoms with Crippen molar-refractivity contribution >= 4 is 5.91 Å². The van der Waals surface area contributed by atoms with Crippen LogP contribution in [0.15, 0.2) is 0 Å². The Labute approximate surface area is 85.7 Å². The second-order valence-electron chi connectivity index (χ2n) is 4.24. The van der Waals surface area contributed by atoms with Gasteiger partial charge < -0.3 is 10.6 Å². The number of rotatable bonds is 5. The summed E-state index contributed by atoms with van der Waals surface area (Å²) in [7, 11) is 0. The fourth-order valence-corrected chi connectivity index (χ4v) is 0.957. The minimum absolute atomic E-state index is 0.00513. The SMILES string of the molecule is CC(C)(C)NC(=O)CNCCCC#N. The Morgan fingerprint density at radius 3 is 2.57 bits per heavy atom. The molecule has 80 valence electrons. The van der Waals surface area contributed by atoms with Gasteiger partial charge in [-0.05, 0) is 33.7 Å². The second-order valence-corrected chi connectivity index (χ2v) is 4.24. The van der Waals surface area contributed by atoms with E-state index in [-0.39, 0.29) is 11.4 Å². The number of hydrogen-bond donors (Lipinski definition) is 2. The first-order valence-electron chi connectivity index (χ1n) is 4.84. The zero-order chi connectivity index (χ0) is 11.0. The molecule has 1 amide bonds. The molecule has 0 bridgehead atoms. The van der Waals surface area contributed by atoms with Crippen molar-refractivity contribution in [2.75, 3.05) is 13.1 Å². The number of nitrogens with zero attached hydrogens (tertiary/aromatic N) is 1. The maximum atomic E-state index is 11.3. The fraction of sp³-hybridized carbons (Fsp3) is 0.800. The van der Waals surface area contributed by atoms with Gasteiger partial charge in [-0.3, -0.25) is 4.79 Å². The number of nitrogens with one attached hydrogen (secondary N) is 2. The molecule has 0 aromatic rings. The van der Waals surface area contributed by atoms with Gasteiger partial charge in [-0.2, -0.15) is 5.26 Å². The first-order chi connectivity index (χ1) is 6.45. The first kappa shape index (κ1) is 12.9. The van der Waals surface area contributed by atoms with E-state index in [1.807, 2.05) is 20.8 Å². The number of carbonyl (C=O) groups excluding carboxylic acids is 1. The highest BCUT2D eigenvalue weighted by Gasteiger charge is 2.12. The summed E-state index contributed by atoms with van der Waals surface area (Å²) >= 11 is 0. The van der Waals surface area contributed by atoms with Gasteiger partial charge in [-0.1, -0.05) is 0 Å². The zero-order valence-corrected chi connectivity index (χ0v) is 9.18. The minimum atomic E-state index is -0.175. The van der Waals surface area contributed by atoms with E-state index in [1.54, 1.807) is 0 Å². The van der Waals surface area contributed by atoms with Crippen LogP contribution in [0.2, 0.25) is 0 Å². The molecule has 4 heteroatoms.